The summed E-state index contributed by atoms with van der Waals surface area (Å²) in [5, 5.41) is 0. The van der Waals surface area contributed by atoms with Crippen LogP contribution in [0.15, 0.2) is 91.0 Å². The average molecular weight is 460 g/mol. The van der Waals surface area contributed by atoms with Gasteiger partial charge in [0.2, 0.25) is 0 Å². The lowest BCUT2D eigenvalue weighted by atomic mass is 9.98. The van der Waals surface area contributed by atoms with Crippen molar-refractivity contribution in [1.29, 1.82) is 0 Å². The van der Waals surface area contributed by atoms with Crippen LogP contribution in [-0.4, -0.2) is 49.6 Å². The van der Waals surface area contributed by atoms with Crippen molar-refractivity contribution in [2.75, 3.05) is 13.2 Å². The van der Waals surface area contributed by atoms with Gasteiger partial charge in [-0.15, -0.1) is 0 Å². The molecule has 7 nitrogen and oxygen atoms in total. The number of esters is 2. The molecule has 2 aliphatic rings. The van der Waals surface area contributed by atoms with Crippen LogP contribution in [-0.2, 0) is 23.7 Å². The fourth-order valence-electron chi connectivity index (χ4n) is 4.08. The average Bonchev–Trinajstić information content (AvgIpc) is 2.91. The quantitative estimate of drug-likeness (QED) is 0.534. The van der Waals surface area contributed by atoms with Crippen LogP contribution in [0.25, 0.3) is 0 Å². The highest BCUT2D eigenvalue weighted by Gasteiger charge is 2.49. The number of carbonyl (C=O) groups excluding carboxylic acids is 2. The molecule has 0 amide bonds. The minimum absolute atomic E-state index is 0.0508. The first-order valence-electron chi connectivity index (χ1n) is 11.1. The van der Waals surface area contributed by atoms with E-state index in [4.69, 9.17) is 23.7 Å². The fraction of sp³-hybridized carbons (Fsp3) is 0.259. The Kier molecular flexibility index (Phi) is 6.67. The molecule has 2 aliphatic heterocycles. The lowest BCUT2D eigenvalue weighted by Gasteiger charge is -2.45. The van der Waals surface area contributed by atoms with Gasteiger partial charge in [-0.2, -0.15) is 0 Å². The Balaban J connectivity index is 1.40. The monoisotopic (exact) mass is 460 g/mol. The van der Waals surface area contributed by atoms with Crippen LogP contribution in [0.3, 0.4) is 0 Å². The number of hydrogen-bond acceptors (Lipinski definition) is 7. The van der Waals surface area contributed by atoms with Crippen LogP contribution in [0.2, 0.25) is 0 Å². The predicted molar refractivity (Wildman–Crippen MR) is 121 cm³/mol. The molecule has 2 heterocycles. The Labute approximate surface area is 197 Å². The van der Waals surface area contributed by atoms with E-state index < -0.39 is 42.6 Å². The molecule has 5 rings (SSSR count). The van der Waals surface area contributed by atoms with Gasteiger partial charge in [-0.25, -0.2) is 9.59 Å². The van der Waals surface area contributed by atoms with E-state index in [9.17, 15) is 9.59 Å². The molecule has 5 unspecified atom stereocenters. The molecule has 0 N–H and O–H groups in total. The van der Waals surface area contributed by atoms with Crippen LogP contribution < -0.4 is 0 Å². The van der Waals surface area contributed by atoms with Gasteiger partial charge in [0.1, 0.15) is 12.2 Å². The molecule has 174 valence electrons. The minimum atomic E-state index is -0.880. The zero-order valence-electron chi connectivity index (χ0n) is 18.3. The predicted octanol–water partition coefficient (Wildman–Crippen LogP) is 3.95. The van der Waals surface area contributed by atoms with Crippen molar-refractivity contribution in [1.82, 2.24) is 0 Å². The first kappa shape index (κ1) is 22.3. The van der Waals surface area contributed by atoms with Gasteiger partial charge in [-0.1, -0.05) is 66.7 Å². The summed E-state index contributed by atoms with van der Waals surface area (Å²) in [6.07, 6.45) is -3.55. The summed E-state index contributed by atoms with van der Waals surface area (Å²) in [5.74, 6) is -1.06. The molecule has 0 saturated carbocycles. The van der Waals surface area contributed by atoms with E-state index in [1.807, 2.05) is 42.5 Å². The molecule has 7 heteroatoms. The van der Waals surface area contributed by atoms with Gasteiger partial charge < -0.3 is 23.7 Å². The molecule has 0 bridgehead atoms. The maximum absolute atomic E-state index is 12.9. The number of ether oxygens (including phenoxy) is 5. The van der Waals surface area contributed by atoms with Gasteiger partial charge in [0.15, 0.2) is 18.5 Å². The fourth-order valence-corrected chi connectivity index (χ4v) is 4.08. The van der Waals surface area contributed by atoms with Crippen LogP contribution >= 0.6 is 0 Å². The maximum Gasteiger partial charge on any atom is 0.338 e. The normalized spacial score (nSPS) is 26.2. The second kappa shape index (κ2) is 10.2. The first-order valence-corrected chi connectivity index (χ1v) is 11.1. The maximum atomic E-state index is 12.9. The highest BCUT2D eigenvalue weighted by Crippen LogP contribution is 2.34. The molecule has 5 atom stereocenters. The molecule has 0 aromatic heterocycles. The van der Waals surface area contributed by atoms with E-state index >= 15 is 0 Å². The summed E-state index contributed by atoms with van der Waals surface area (Å²) in [7, 11) is 0. The lowest BCUT2D eigenvalue weighted by molar-refractivity contribution is -0.312. The molecule has 3 aromatic rings. The van der Waals surface area contributed by atoms with E-state index in [1.165, 1.54) is 0 Å². The van der Waals surface area contributed by atoms with Gasteiger partial charge in [0.05, 0.1) is 24.3 Å². The molecule has 0 radical (unpaired) electrons. The third-order valence-electron chi connectivity index (χ3n) is 5.82. The van der Waals surface area contributed by atoms with Crippen LogP contribution in [0.4, 0.5) is 0 Å². The van der Waals surface area contributed by atoms with Crippen molar-refractivity contribution in [2.24, 2.45) is 0 Å². The van der Waals surface area contributed by atoms with E-state index in [-0.39, 0.29) is 13.2 Å². The largest absolute Gasteiger partial charge is 0.452 e. The van der Waals surface area contributed by atoms with E-state index in [0.717, 1.165) is 5.56 Å². The number of rotatable bonds is 5. The molecule has 0 spiro atoms. The summed E-state index contributed by atoms with van der Waals surface area (Å²) >= 11 is 0. The summed E-state index contributed by atoms with van der Waals surface area (Å²) < 4.78 is 29.7. The zero-order valence-corrected chi connectivity index (χ0v) is 18.3. The Morgan fingerprint density at radius 3 is 1.85 bits per heavy atom. The van der Waals surface area contributed by atoms with Crippen LogP contribution in [0, 0.1) is 0 Å². The standard InChI is InChI=1S/C27H24O7/c28-25(18-10-4-1-5-11-18)32-22-17-30-21-16-31-27(20-14-8-3-9-15-20)34-23(21)24(22)33-26(29)19-12-6-2-7-13-19/h1-15,21-24,27H,16-17H2. The van der Waals surface area contributed by atoms with Crippen molar-refractivity contribution in [3.63, 3.8) is 0 Å². The molecule has 3 aromatic carbocycles. The molecule has 34 heavy (non-hydrogen) atoms. The molecular formula is C27H24O7. The SMILES string of the molecule is O=C(OC1COC2COC(c3ccccc3)OC2C1OC(=O)c1ccccc1)c1ccccc1. The number of hydrogen-bond donors (Lipinski definition) is 0. The number of benzene rings is 3. The first-order chi connectivity index (χ1) is 16.7. The molecule has 2 saturated heterocycles. The van der Waals surface area contributed by atoms with E-state index in [1.54, 1.807) is 48.5 Å². The number of fused-ring (bicyclic) bond motifs is 1. The second-order valence-electron chi connectivity index (χ2n) is 8.09. The van der Waals surface area contributed by atoms with Crippen molar-refractivity contribution in [3.8, 4) is 0 Å². The highest BCUT2D eigenvalue weighted by atomic mass is 16.7. The van der Waals surface area contributed by atoms with E-state index in [0.29, 0.717) is 11.1 Å². The van der Waals surface area contributed by atoms with Crippen LogP contribution in [0.1, 0.15) is 32.6 Å². The smallest absolute Gasteiger partial charge is 0.338 e. The Morgan fingerprint density at radius 2 is 1.24 bits per heavy atom. The van der Waals surface area contributed by atoms with Crippen molar-refractivity contribution >= 4 is 11.9 Å². The van der Waals surface area contributed by atoms with Crippen molar-refractivity contribution in [3.05, 3.63) is 108 Å². The zero-order chi connectivity index (χ0) is 23.3. The Morgan fingerprint density at radius 1 is 0.676 bits per heavy atom. The molecule has 2 fully saturated rings. The van der Waals surface area contributed by atoms with Gasteiger partial charge in [0.25, 0.3) is 0 Å². The molecule has 0 aliphatic carbocycles. The Hall–Kier alpha value is -3.52. The Bertz CT molecular complexity index is 1100. The minimum Gasteiger partial charge on any atom is -0.452 e. The van der Waals surface area contributed by atoms with Gasteiger partial charge in [-0.05, 0) is 24.3 Å². The highest BCUT2D eigenvalue weighted by molar-refractivity contribution is 5.90. The van der Waals surface area contributed by atoms with Gasteiger partial charge >= 0.3 is 11.9 Å². The second-order valence-corrected chi connectivity index (χ2v) is 8.09. The van der Waals surface area contributed by atoms with Crippen molar-refractivity contribution in [2.45, 2.75) is 30.7 Å². The number of carbonyl (C=O) groups is 2. The van der Waals surface area contributed by atoms with Gasteiger partial charge in [0, 0.05) is 5.56 Å². The topological polar surface area (TPSA) is 80.3 Å². The lowest BCUT2D eigenvalue weighted by Crippen LogP contribution is -2.60. The van der Waals surface area contributed by atoms with Gasteiger partial charge in [-0.3, -0.25) is 0 Å². The molecular weight excluding hydrogens is 436 g/mol. The summed E-state index contributed by atoms with van der Waals surface area (Å²) in [6.45, 7) is 0.304. The third-order valence-corrected chi connectivity index (χ3v) is 5.82. The summed E-state index contributed by atoms with van der Waals surface area (Å²) in [4.78, 5) is 25.7. The van der Waals surface area contributed by atoms with E-state index in [2.05, 4.69) is 0 Å². The van der Waals surface area contributed by atoms with Crippen molar-refractivity contribution < 1.29 is 33.3 Å². The summed E-state index contributed by atoms with van der Waals surface area (Å²) in [5.41, 5.74) is 1.62. The summed E-state index contributed by atoms with van der Waals surface area (Å²) in [6, 6.07) is 26.8. The van der Waals surface area contributed by atoms with Crippen LogP contribution in [0.5, 0.6) is 0 Å². The third kappa shape index (κ3) is 4.87.